The molecule has 20 heavy (non-hydrogen) atoms. The molecule has 0 aliphatic heterocycles. The Balaban J connectivity index is 2.38. The van der Waals surface area contributed by atoms with E-state index in [1.807, 2.05) is 6.92 Å². The number of anilines is 1. The predicted molar refractivity (Wildman–Crippen MR) is 81.3 cm³/mol. The number of rotatable bonds is 3. The molecule has 1 N–H and O–H groups in total. The molecule has 0 radical (unpaired) electrons. The van der Waals surface area contributed by atoms with E-state index < -0.39 is 10.0 Å². The van der Waals surface area contributed by atoms with Gasteiger partial charge in [0, 0.05) is 5.02 Å². The van der Waals surface area contributed by atoms with Crippen molar-refractivity contribution >= 4 is 50.5 Å². The van der Waals surface area contributed by atoms with Crippen molar-refractivity contribution < 1.29 is 8.42 Å². The number of aryl methyl sites for hydroxylation is 1. The van der Waals surface area contributed by atoms with Gasteiger partial charge >= 0.3 is 0 Å². The lowest BCUT2D eigenvalue weighted by molar-refractivity contribution is 0.601. The van der Waals surface area contributed by atoms with Gasteiger partial charge in [0.25, 0.3) is 10.0 Å². The van der Waals surface area contributed by atoms with E-state index in [1.165, 1.54) is 18.2 Å². The van der Waals surface area contributed by atoms with Crippen LogP contribution in [-0.4, -0.2) is 13.4 Å². The summed E-state index contributed by atoms with van der Waals surface area (Å²) in [5, 5.41) is 0.390. The molecule has 0 aliphatic carbocycles. The lowest BCUT2D eigenvalue weighted by atomic mass is 10.2. The second-order valence-electron chi connectivity index (χ2n) is 3.99. The van der Waals surface area contributed by atoms with Gasteiger partial charge in [-0.1, -0.05) is 40.9 Å². The van der Waals surface area contributed by atoms with Crippen molar-refractivity contribution in [2.45, 2.75) is 11.8 Å². The number of sulfonamides is 1. The lowest BCUT2D eigenvalue weighted by Gasteiger charge is -2.10. The summed E-state index contributed by atoms with van der Waals surface area (Å²) < 4.78 is 26.8. The van der Waals surface area contributed by atoms with E-state index in [4.69, 9.17) is 34.8 Å². The minimum atomic E-state index is -3.85. The zero-order valence-corrected chi connectivity index (χ0v) is 13.3. The summed E-state index contributed by atoms with van der Waals surface area (Å²) in [5.74, 6) is 0. The van der Waals surface area contributed by atoms with Crippen LogP contribution in [0.4, 0.5) is 5.69 Å². The van der Waals surface area contributed by atoms with E-state index in [2.05, 4.69) is 9.71 Å². The molecule has 0 fully saturated rings. The van der Waals surface area contributed by atoms with Crippen LogP contribution in [-0.2, 0) is 10.0 Å². The number of nitrogens with one attached hydrogen (secondary N) is 1. The summed E-state index contributed by atoms with van der Waals surface area (Å²) in [6.07, 6.45) is 0. The molecule has 1 aromatic carbocycles. The number of halogens is 3. The zero-order chi connectivity index (χ0) is 14.9. The molecule has 1 aromatic heterocycles. The molecular weight excluding hydrogens is 343 g/mol. The van der Waals surface area contributed by atoms with Crippen molar-refractivity contribution in [3.8, 4) is 0 Å². The third-order valence-electron chi connectivity index (χ3n) is 2.49. The molecule has 4 nitrogen and oxygen atoms in total. The van der Waals surface area contributed by atoms with E-state index >= 15 is 0 Å². The van der Waals surface area contributed by atoms with Crippen LogP contribution < -0.4 is 4.72 Å². The van der Waals surface area contributed by atoms with Gasteiger partial charge < -0.3 is 0 Å². The van der Waals surface area contributed by atoms with Crippen LogP contribution in [0.2, 0.25) is 15.3 Å². The lowest BCUT2D eigenvalue weighted by Crippen LogP contribution is -2.14. The summed E-state index contributed by atoms with van der Waals surface area (Å²) in [5.41, 5.74) is 1.19. The van der Waals surface area contributed by atoms with E-state index in [0.29, 0.717) is 10.7 Å². The number of benzene rings is 1. The summed E-state index contributed by atoms with van der Waals surface area (Å²) in [7, 11) is -3.85. The molecule has 0 amide bonds. The second kappa shape index (κ2) is 5.77. The standard InChI is InChI=1S/C12H9Cl3N2O2S/c1-7-2-3-8(6-9(7)13)17-20(18,19)10-4-5-11(14)16-12(10)15/h2-6,17H,1H3. The monoisotopic (exact) mass is 350 g/mol. The quantitative estimate of drug-likeness (QED) is 0.845. The Bertz CT molecular complexity index is 763. The summed E-state index contributed by atoms with van der Waals surface area (Å²) in [6, 6.07) is 7.48. The highest BCUT2D eigenvalue weighted by Gasteiger charge is 2.19. The zero-order valence-electron chi connectivity index (χ0n) is 10.2. The van der Waals surface area contributed by atoms with Gasteiger partial charge in [-0.05, 0) is 36.8 Å². The molecule has 106 valence electrons. The highest BCUT2D eigenvalue weighted by atomic mass is 35.5. The van der Waals surface area contributed by atoms with Crippen molar-refractivity contribution in [2.75, 3.05) is 4.72 Å². The molecule has 1 heterocycles. The number of aromatic nitrogens is 1. The second-order valence-corrected chi connectivity index (χ2v) is 6.80. The fourth-order valence-corrected chi connectivity index (χ4v) is 3.36. The van der Waals surface area contributed by atoms with Gasteiger partial charge in [0.15, 0.2) is 5.15 Å². The summed E-state index contributed by atoms with van der Waals surface area (Å²) in [6.45, 7) is 1.82. The molecule has 2 rings (SSSR count). The molecule has 0 aliphatic rings. The number of nitrogens with zero attached hydrogens (tertiary/aromatic N) is 1. The van der Waals surface area contributed by atoms with Crippen LogP contribution in [0.15, 0.2) is 35.2 Å². The highest BCUT2D eigenvalue weighted by Crippen LogP contribution is 2.26. The van der Waals surface area contributed by atoms with Crippen LogP contribution in [0, 0.1) is 6.92 Å². The molecule has 0 unspecified atom stereocenters. The smallest absolute Gasteiger partial charge is 0.264 e. The fourth-order valence-electron chi connectivity index (χ4n) is 1.47. The van der Waals surface area contributed by atoms with Crippen LogP contribution in [0.5, 0.6) is 0 Å². The first kappa shape index (κ1) is 15.4. The first-order chi connectivity index (χ1) is 9.29. The fraction of sp³-hybridized carbons (Fsp3) is 0.0833. The SMILES string of the molecule is Cc1ccc(NS(=O)(=O)c2ccc(Cl)nc2Cl)cc1Cl. The van der Waals surface area contributed by atoms with Gasteiger partial charge in [-0.2, -0.15) is 0 Å². The molecule has 8 heteroatoms. The Labute approximate surface area is 131 Å². The third-order valence-corrected chi connectivity index (χ3v) is 4.92. The van der Waals surface area contributed by atoms with Crippen molar-refractivity contribution in [3.63, 3.8) is 0 Å². The minimum absolute atomic E-state index is 0.118. The Morgan fingerprint density at radius 1 is 1.10 bits per heavy atom. The van der Waals surface area contributed by atoms with Crippen molar-refractivity contribution in [2.24, 2.45) is 0 Å². The Kier molecular flexibility index (Phi) is 4.44. The average Bonchev–Trinajstić information content (AvgIpc) is 2.33. The number of hydrogen-bond acceptors (Lipinski definition) is 3. The van der Waals surface area contributed by atoms with Crippen molar-refractivity contribution in [3.05, 3.63) is 51.2 Å². The molecule has 0 saturated heterocycles. The van der Waals surface area contributed by atoms with Gasteiger partial charge in [0.2, 0.25) is 0 Å². The molecule has 0 spiro atoms. The molecule has 2 aromatic rings. The van der Waals surface area contributed by atoms with Gasteiger partial charge in [0.05, 0.1) is 5.69 Å². The predicted octanol–water partition coefficient (Wildman–Crippen LogP) is 4.15. The van der Waals surface area contributed by atoms with Crippen LogP contribution in [0.1, 0.15) is 5.56 Å². The first-order valence-corrected chi connectivity index (χ1v) is 8.02. The van der Waals surface area contributed by atoms with E-state index in [-0.39, 0.29) is 15.2 Å². The van der Waals surface area contributed by atoms with Crippen LogP contribution >= 0.6 is 34.8 Å². The molecule has 0 bridgehead atoms. The maximum absolute atomic E-state index is 12.2. The van der Waals surface area contributed by atoms with Crippen molar-refractivity contribution in [1.29, 1.82) is 0 Å². The normalized spacial score (nSPS) is 11.4. The summed E-state index contributed by atoms with van der Waals surface area (Å²) >= 11 is 17.4. The molecule has 0 atom stereocenters. The van der Waals surface area contributed by atoms with Crippen LogP contribution in [0.3, 0.4) is 0 Å². The van der Waals surface area contributed by atoms with E-state index in [1.54, 1.807) is 12.1 Å². The van der Waals surface area contributed by atoms with Gasteiger partial charge in [0.1, 0.15) is 10.0 Å². The minimum Gasteiger partial charge on any atom is -0.279 e. The topological polar surface area (TPSA) is 59.1 Å². The molecular formula is C12H9Cl3N2O2S. The Hall–Kier alpha value is -1.01. The molecule has 0 saturated carbocycles. The maximum atomic E-state index is 12.2. The number of pyridine rings is 1. The maximum Gasteiger partial charge on any atom is 0.264 e. The number of hydrogen-bond donors (Lipinski definition) is 1. The first-order valence-electron chi connectivity index (χ1n) is 5.40. The van der Waals surface area contributed by atoms with Gasteiger partial charge in [-0.3, -0.25) is 4.72 Å². The van der Waals surface area contributed by atoms with E-state index in [0.717, 1.165) is 5.56 Å². The van der Waals surface area contributed by atoms with E-state index in [9.17, 15) is 8.42 Å². The Morgan fingerprint density at radius 3 is 2.40 bits per heavy atom. The highest BCUT2D eigenvalue weighted by molar-refractivity contribution is 7.92. The van der Waals surface area contributed by atoms with Gasteiger partial charge in [-0.25, -0.2) is 13.4 Å². The Morgan fingerprint density at radius 2 is 1.80 bits per heavy atom. The van der Waals surface area contributed by atoms with Crippen LogP contribution in [0.25, 0.3) is 0 Å². The van der Waals surface area contributed by atoms with Crippen molar-refractivity contribution in [1.82, 2.24) is 4.98 Å². The average molecular weight is 352 g/mol. The third kappa shape index (κ3) is 3.35. The van der Waals surface area contributed by atoms with Gasteiger partial charge in [-0.15, -0.1) is 0 Å². The largest absolute Gasteiger partial charge is 0.279 e. The summed E-state index contributed by atoms with van der Waals surface area (Å²) in [4.78, 5) is 3.55.